The fourth-order valence-corrected chi connectivity index (χ4v) is 8.95. The van der Waals surface area contributed by atoms with E-state index in [0.29, 0.717) is 0 Å². The van der Waals surface area contributed by atoms with Crippen molar-refractivity contribution >= 4 is 21.5 Å². The third-order valence-corrected chi connectivity index (χ3v) is 11.8. The second kappa shape index (κ2) is 10.4. The van der Waals surface area contributed by atoms with Gasteiger partial charge in [0.05, 0.1) is 0 Å². The first-order valence-electron chi connectivity index (χ1n) is 17.8. The summed E-state index contributed by atoms with van der Waals surface area (Å²) in [6, 6.07) is 59.3. The molecule has 10 rings (SSSR count). The maximum Gasteiger partial charge on any atom is 0.0159 e. The minimum Gasteiger partial charge on any atom is -0.0619 e. The summed E-state index contributed by atoms with van der Waals surface area (Å²) >= 11 is 0. The largest absolute Gasteiger partial charge is 0.0619 e. The van der Waals surface area contributed by atoms with E-state index in [9.17, 15) is 0 Å². The molecular weight excluding hydrogens is 601 g/mol. The smallest absolute Gasteiger partial charge is 0.0159 e. The van der Waals surface area contributed by atoms with Crippen LogP contribution < -0.4 is 0 Å². The lowest BCUT2D eigenvalue weighted by Gasteiger charge is -2.23. The van der Waals surface area contributed by atoms with Crippen LogP contribution in [0.1, 0.15) is 49.9 Å². The SMILES string of the molecule is CC1(C)c2ccccc2-c2ccc(-c3ccc4c(c3)C(C)(C)c3cc(-c5ccc6cc(-c7ccc8ccccc8c7)ccc6c5)ccc3-4)cc21. The van der Waals surface area contributed by atoms with Crippen LogP contribution in [0.4, 0.5) is 0 Å². The van der Waals surface area contributed by atoms with E-state index < -0.39 is 0 Å². The van der Waals surface area contributed by atoms with Crippen LogP contribution in [-0.2, 0) is 10.8 Å². The fourth-order valence-electron chi connectivity index (χ4n) is 8.95. The van der Waals surface area contributed by atoms with Gasteiger partial charge >= 0.3 is 0 Å². The Bertz CT molecular complexity index is 2700. The molecule has 0 aromatic heterocycles. The zero-order valence-electron chi connectivity index (χ0n) is 29.0. The van der Waals surface area contributed by atoms with Crippen LogP contribution in [0, 0.1) is 0 Å². The maximum atomic E-state index is 2.45. The molecule has 0 heterocycles. The van der Waals surface area contributed by atoms with Gasteiger partial charge in [0, 0.05) is 10.8 Å². The molecule has 0 nitrogen and oxygen atoms in total. The van der Waals surface area contributed by atoms with E-state index in [1.807, 2.05) is 0 Å². The summed E-state index contributed by atoms with van der Waals surface area (Å²) in [6.45, 7) is 9.51. The lowest BCUT2D eigenvalue weighted by Crippen LogP contribution is -2.15. The normalized spacial score (nSPS) is 14.7. The highest BCUT2D eigenvalue weighted by atomic mass is 14.4. The summed E-state index contributed by atoms with van der Waals surface area (Å²) in [7, 11) is 0. The number of hydrogen-bond donors (Lipinski definition) is 0. The zero-order chi connectivity index (χ0) is 33.8. The van der Waals surface area contributed by atoms with Crippen molar-refractivity contribution in [3.05, 3.63) is 180 Å². The molecule has 0 N–H and O–H groups in total. The monoisotopic (exact) mass is 638 g/mol. The summed E-state index contributed by atoms with van der Waals surface area (Å²) in [6.07, 6.45) is 0. The molecule has 0 amide bonds. The third kappa shape index (κ3) is 4.24. The lowest BCUT2D eigenvalue weighted by atomic mass is 9.80. The molecule has 0 heteroatoms. The van der Waals surface area contributed by atoms with E-state index in [0.717, 1.165) is 0 Å². The summed E-state index contributed by atoms with van der Waals surface area (Å²) in [5.74, 6) is 0. The Labute approximate surface area is 294 Å². The second-order valence-corrected chi connectivity index (χ2v) is 15.4. The van der Waals surface area contributed by atoms with Gasteiger partial charge in [-0.2, -0.15) is 0 Å². The van der Waals surface area contributed by atoms with Crippen molar-refractivity contribution in [3.8, 4) is 55.6 Å². The predicted octanol–water partition coefficient (Wildman–Crippen LogP) is 13.6. The van der Waals surface area contributed by atoms with Crippen LogP contribution in [0.2, 0.25) is 0 Å². The summed E-state index contributed by atoms with van der Waals surface area (Å²) in [4.78, 5) is 0. The Morgan fingerprint density at radius 2 is 0.580 bits per heavy atom. The molecule has 2 aliphatic carbocycles. The topological polar surface area (TPSA) is 0 Å². The average Bonchev–Trinajstić information content (AvgIpc) is 3.52. The Hall–Kier alpha value is -5.72. The van der Waals surface area contributed by atoms with Gasteiger partial charge in [-0.25, -0.2) is 0 Å². The van der Waals surface area contributed by atoms with Crippen molar-refractivity contribution in [2.75, 3.05) is 0 Å². The van der Waals surface area contributed by atoms with Crippen LogP contribution in [-0.4, -0.2) is 0 Å². The molecule has 8 aromatic carbocycles. The molecule has 0 radical (unpaired) electrons. The molecule has 0 fully saturated rings. The quantitative estimate of drug-likeness (QED) is 0.181. The average molecular weight is 639 g/mol. The van der Waals surface area contributed by atoms with Gasteiger partial charge in [0.1, 0.15) is 0 Å². The molecule has 0 aliphatic heterocycles. The first kappa shape index (κ1) is 29.2. The minimum atomic E-state index is -0.103. The van der Waals surface area contributed by atoms with E-state index >= 15 is 0 Å². The predicted molar refractivity (Wildman–Crippen MR) is 213 cm³/mol. The first-order valence-corrected chi connectivity index (χ1v) is 17.8. The van der Waals surface area contributed by atoms with Gasteiger partial charge in [0.15, 0.2) is 0 Å². The van der Waals surface area contributed by atoms with Gasteiger partial charge in [-0.3, -0.25) is 0 Å². The van der Waals surface area contributed by atoms with Gasteiger partial charge in [-0.05, 0) is 136 Å². The van der Waals surface area contributed by atoms with Gasteiger partial charge in [0.2, 0.25) is 0 Å². The van der Waals surface area contributed by atoms with Crippen LogP contribution in [0.3, 0.4) is 0 Å². The summed E-state index contributed by atoms with van der Waals surface area (Å²) in [5, 5.41) is 5.08. The van der Waals surface area contributed by atoms with Gasteiger partial charge in [0.25, 0.3) is 0 Å². The number of rotatable bonds is 3. The van der Waals surface area contributed by atoms with Crippen molar-refractivity contribution in [2.24, 2.45) is 0 Å². The lowest BCUT2D eigenvalue weighted by molar-refractivity contribution is 0.659. The summed E-state index contributed by atoms with van der Waals surface area (Å²) < 4.78 is 0. The highest BCUT2D eigenvalue weighted by Gasteiger charge is 2.37. The molecule has 0 saturated heterocycles. The summed E-state index contributed by atoms with van der Waals surface area (Å²) in [5.41, 5.74) is 18.6. The standard InChI is InChI=1S/C50H38/c1-49(2)45-12-8-7-11-41(45)42-22-20-39(29-46(42)49)40-21-24-44-43-23-19-38(28-47(43)50(3,4)48(44)30-40)37-18-17-35-26-34(15-16-36(35)27-37)33-14-13-31-9-5-6-10-32(31)25-33/h5-30H,1-4H3. The van der Waals surface area contributed by atoms with E-state index in [4.69, 9.17) is 0 Å². The molecule has 0 spiro atoms. The Kier molecular flexibility index (Phi) is 6.07. The number of fused-ring (bicyclic) bond motifs is 8. The van der Waals surface area contributed by atoms with E-state index in [-0.39, 0.29) is 10.8 Å². The molecule has 0 unspecified atom stereocenters. The minimum absolute atomic E-state index is 0.00709. The van der Waals surface area contributed by atoms with E-state index in [2.05, 4.69) is 185 Å². The molecule has 0 atom stereocenters. The van der Waals surface area contributed by atoms with Crippen molar-refractivity contribution in [2.45, 2.75) is 38.5 Å². The molecule has 238 valence electrons. The molecule has 2 aliphatic rings. The highest BCUT2D eigenvalue weighted by Crippen LogP contribution is 2.52. The molecule has 0 bridgehead atoms. The van der Waals surface area contributed by atoms with Crippen LogP contribution >= 0.6 is 0 Å². The highest BCUT2D eigenvalue weighted by molar-refractivity contribution is 5.94. The third-order valence-electron chi connectivity index (χ3n) is 11.8. The first-order chi connectivity index (χ1) is 24.3. The van der Waals surface area contributed by atoms with Crippen molar-refractivity contribution in [1.82, 2.24) is 0 Å². The second-order valence-electron chi connectivity index (χ2n) is 15.4. The Balaban J connectivity index is 0.978. The number of benzene rings is 8. The Morgan fingerprint density at radius 1 is 0.260 bits per heavy atom. The van der Waals surface area contributed by atoms with Crippen LogP contribution in [0.5, 0.6) is 0 Å². The van der Waals surface area contributed by atoms with Gasteiger partial charge in [-0.15, -0.1) is 0 Å². The van der Waals surface area contributed by atoms with E-state index in [1.54, 1.807) is 0 Å². The number of hydrogen-bond acceptors (Lipinski definition) is 0. The van der Waals surface area contributed by atoms with E-state index in [1.165, 1.54) is 99.4 Å². The molecule has 0 saturated carbocycles. The van der Waals surface area contributed by atoms with Gasteiger partial charge < -0.3 is 0 Å². The van der Waals surface area contributed by atoms with Crippen molar-refractivity contribution < 1.29 is 0 Å². The zero-order valence-corrected chi connectivity index (χ0v) is 29.0. The molecular formula is C50H38. The fraction of sp³-hybridized carbons (Fsp3) is 0.120. The van der Waals surface area contributed by atoms with Crippen LogP contribution in [0.25, 0.3) is 77.2 Å². The van der Waals surface area contributed by atoms with Gasteiger partial charge in [-0.1, -0.05) is 149 Å². The Morgan fingerprint density at radius 3 is 1.08 bits per heavy atom. The maximum absolute atomic E-state index is 2.45. The van der Waals surface area contributed by atoms with Crippen molar-refractivity contribution in [3.63, 3.8) is 0 Å². The molecule has 50 heavy (non-hydrogen) atoms. The van der Waals surface area contributed by atoms with Crippen LogP contribution in [0.15, 0.2) is 158 Å². The van der Waals surface area contributed by atoms with Crippen molar-refractivity contribution in [1.29, 1.82) is 0 Å². The molecule has 8 aromatic rings.